The van der Waals surface area contributed by atoms with E-state index in [-0.39, 0.29) is 17.5 Å². The van der Waals surface area contributed by atoms with Crippen LogP contribution in [0.1, 0.15) is 50.3 Å². The Bertz CT molecular complexity index is 918. The van der Waals surface area contributed by atoms with Crippen molar-refractivity contribution in [2.45, 2.75) is 44.8 Å². The first-order chi connectivity index (χ1) is 15.1. The van der Waals surface area contributed by atoms with Gasteiger partial charge in [0.25, 0.3) is 0 Å². The summed E-state index contributed by atoms with van der Waals surface area (Å²) in [6.45, 7) is 7.74. The molecule has 1 fully saturated rings. The molecule has 0 radical (unpaired) electrons. The molecule has 1 spiro atoms. The van der Waals surface area contributed by atoms with Crippen molar-refractivity contribution in [3.05, 3.63) is 53.6 Å². The van der Waals surface area contributed by atoms with Crippen molar-refractivity contribution in [1.82, 2.24) is 10.2 Å². The van der Waals surface area contributed by atoms with Gasteiger partial charge in [0.05, 0.1) is 13.7 Å². The SMILES string of the molecule is CCOc1cccc([C@H]2CC(c3ccc(OC)cc3)=NC3(CCN(CC)CC3)N2)c1O. The quantitative estimate of drug-likeness (QED) is 0.731. The molecule has 1 saturated heterocycles. The van der Waals surface area contributed by atoms with Crippen LogP contribution in [0.5, 0.6) is 17.2 Å². The molecular weight excluding hydrogens is 390 g/mol. The van der Waals surface area contributed by atoms with Crippen molar-refractivity contribution in [2.75, 3.05) is 33.4 Å². The fourth-order valence-corrected chi connectivity index (χ4v) is 4.65. The molecule has 2 aromatic rings. The molecule has 2 aromatic carbocycles. The minimum absolute atomic E-state index is 0.0387. The Morgan fingerprint density at radius 2 is 1.87 bits per heavy atom. The highest BCUT2D eigenvalue weighted by molar-refractivity contribution is 6.02. The summed E-state index contributed by atoms with van der Waals surface area (Å²) in [6.07, 6.45) is 2.60. The van der Waals surface area contributed by atoms with Gasteiger partial charge in [0.2, 0.25) is 0 Å². The predicted octanol–water partition coefficient (Wildman–Crippen LogP) is 4.14. The molecule has 31 heavy (non-hydrogen) atoms. The second kappa shape index (κ2) is 9.28. The molecular formula is C25H33N3O3. The summed E-state index contributed by atoms with van der Waals surface area (Å²) in [4.78, 5) is 7.72. The van der Waals surface area contributed by atoms with Gasteiger partial charge in [-0.25, -0.2) is 0 Å². The average Bonchev–Trinajstić information content (AvgIpc) is 2.81. The number of ether oxygens (including phenoxy) is 2. The van der Waals surface area contributed by atoms with Crippen LogP contribution in [-0.2, 0) is 0 Å². The van der Waals surface area contributed by atoms with Gasteiger partial charge in [0.15, 0.2) is 11.5 Å². The third kappa shape index (κ3) is 4.55. The molecule has 2 N–H and O–H groups in total. The third-order valence-corrected chi connectivity index (χ3v) is 6.45. The standard InChI is InChI=1S/C25H33N3O3/c1-4-28-15-13-25(14-16-28)26-21(18-9-11-19(30-3)12-10-18)17-22(27-25)20-7-6-8-23(24(20)29)31-5-2/h6-12,22,27,29H,4-5,13-17H2,1-3H3/t22-/m1/s1. The number of para-hydroxylation sites is 1. The van der Waals surface area contributed by atoms with Gasteiger partial charge >= 0.3 is 0 Å². The molecule has 0 saturated carbocycles. The predicted molar refractivity (Wildman–Crippen MR) is 123 cm³/mol. The molecule has 0 unspecified atom stereocenters. The van der Waals surface area contributed by atoms with Crippen molar-refractivity contribution >= 4 is 5.71 Å². The van der Waals surface area contributed by atoms with Gasteiger partial charge in [-0.1, -0.05) is 19.1 Å². The van der Waals surface area contributed by atoms with Gasteiger partial charge in [-0.15, -0.1) is 0 Å². The summed E-state index contributed by atoms with van der Waals surface area (Å²) >= 11 is 0. The van der Waals surface area contributed by atoms with Crippen LogP contribution in [0.2, 0.25) is 0 Å². The summed E-state index contributed by atoms with van der Waals surface area (Å²) in [6, 6.07) is 13.8. The van der Waals surface area contributed by atoms with Gasteiger partial charge in [-0.3, -0.25) is 10.3 Å². The number of nitrogens with zero attached hydrogens (tertiary/aromatic N) is 2. The highest BCUT2D eigenvalue weighted by atomic mass is 16.5. The number of phenolic OH excluding ortho intramolecular Hbond substituents is 1. The number of benzene rings is 2. The summed E-state index contributed by atoms with van der Waals surface area (Å²) in [5, 5.41) is 14.7. The van der Waals surface area contributed by atoms with E-state index in [0.717, 1.165) is 55.1 Å². The van der Waals surface area contributed by atoms with E-state index in [9.17, 15) is 5.11 Å². The zero-order valence-electron chi connectivity index (χ0n) is 18.7. The first kappa shape index (κ1) is 21.7. The summed E-state index contributed by atoms with van der Waals surface area (Å²) < 4.78 is 11.0. The van der Waals surface area contributed by atoms with Gasteiger partial charge in [0.1, 0.15) is 11.4 Å². The van der Waals surface area contributed by atoms with Crippen molar-refractivity contribution in [1.29, 1.82) is 0 Å². The summed E-state index contributed by atoms with van der Waals surface area (Å²) in [5.74, 6) is 1.59. The van der Waals surface area contributed by atoms with Gasteiger partial charge in [0, 0.05) is 36.8 Å². The normalized spacial score (nSPS) is 21.0. The monoisotopic (exact) mass is 423 g/mol. The lowest BCUT2D eigenvalue weighted by molar-refractivity contribution is 0.129. The van der Waals surface area contributed by atoms with Crippen molar-refractivity contribution < 1.29 is 14.6 Å². The van der Waals surface area contributed by atoms with E-state index in [4.69, 9.17) is 14.5 Å². The lowest BCUT2D eigenvalue weighted by atomic mass is 9.87. The Morgan fingerprint density at radius 1 is 1.13 bits per heavy atom. The minimum Gasteiger partial charge on any atom is -0.504 e. The number of hydrogen-bond donors (Lipinski definition) is 2. The van der Waals surface area contributed by atoms with Gasteiger partial charge in [-0.2, -0.15) is 0 Å². The van der Waals surface area contributed by atoms with Crippen LogP contribution in [0.25, 0.3) is 0 Å². The van der Waals surface area contributed by atoms with E-state index >= 15 is 0 Å². The lowest BCUT2D eigenvalue weighted by Crippen LogP contribution is -2.56. The molecule has 0 aliphatic carbocycles. The molecule has 1 atom stereocenters. The number of hydrogen-bond acceptors (Lipinski definition) is 6. The molecule has 2 aliphatic heterocycles. The molecule has 6 nitrogen and oxygen atoms in total. The van der Waals surface area contributed by atoms with E-state index < -0.39 is 0 Å². The molecule has 4 rings (SSSR count). The topological polar surface area (TPSA) is 66.3 Å². The van der Waals surface area contributed by atoms with Crippen LogP contribution in [0.3, 0.4) is 0 Å². The average molecular weight is 424 g/mol. The highest BCUT2D eigenvalue weighted by Crippen LogP contribution is 2.40. The van der Waals surface area contributed by atoms with Gasteiger partial charge < -0.3 is 19.5 Å². The third-order valence-electron chi connectivity index (χ3n) is 6.45. The van der Waals surface area contributed by atoms with Crippen LogP contribution in [0.4, 0.5) is 0 Å². The Labute approximate surface area is 184 Å². The summed E-state index contributed by atoms with van der Waals surface area (Å²) in [5.41, 5.74) is 2.71. The first-order valence-corrected chi connectivity index (χ1v) is 11.3. The van der Waals surface area contributed by atoms with E-state index in [1.54, 1.807) is 7.11 Å². The van der Waals surface area contributed by atoms with Crippen LogP contribution in [0.15, 0.2) is 47.5 Å². The molecule has 166 valence electrons. The zero-order chi connectivity index (χ0) is 21.8. The second-order valence-corrected chi connectivity index (χ2v) is 8.28. The number of phenols is 1. The minimum atomic E-state index is -0.322. The fourth-order valence-electron chi connectivity index (χ4n) is 4.65. The number of nitrogens with one attached hydrogen (secondary N) is 1. The zero-order valence-corrected chi connectivity index (χ0v) is 18.7. The van der Waals surface area contributed by atoms with Crippen LogP contribution < -0.4 is 14.8 Å². The van der Waals surface area contributed by atoms with Crippen LogP contribution >= 0.6 is 0 Å². The maximum absolute atomic E-state index is 10.9. The Morgan fingerprint density at radius 3 is 2.52 bits per heavy atom. The van der Waals surface area contributed by atoms with Crippen molar-refractivity contribution in [2.24, 2.45) is 4.99 Å². The lowest BCUT2D eigenvalue weighted by Gasteiger charge is -2.45. The Hall–Kier alpha value is -2.57. The van der Waals surface area contributed by atoms with E-state index in [1.165, 1.54) is 0 Å². The molecule has 2 aliphatic rings. The van der Waals surface area contributed by atoms with Crippen molar-refractivity contribution in [3.63, 3.8) is 0 Å². The number of likely N-dealkylation sites (tertiary alicyclic amines) is 1. The number of rotatable bonds is 6. The molecule has 6 heteroatoms. The number of methoxy groups -OCH3 is 1. The van der Waals surface area contributed by atoms with Crippen molar-refractivity contribution in [3.8, 4) is 17.2 Å². The highest BCUT2D eigenvalue weighted by Gasteiger charge is 2.40. The maximum atomic E-state index is 10.9. The second-order valence-electron chi connectivity index (χ2n) is 8.28. The first-order valence-electron chi connectivity index (χ1n) is 11.3. The number of piperidine rings is 1. The van der Waals surface area contributed by atoms with Gasteiger partial charge in [-0.05, 0) is 62.2 Å². The Kier molecular flexibility index (Phi) is 6.49. The molecule has 0 bridgehead atoms. The number of aliphatic imine (C=N–C) groups is 1. The van der Waals surface area contributed by atoms with Crippen LogP contribution in [-0.4, -0.2) is 54.7 Å². The maximum Gasteiger partial charge on any atom is 0.162 e. The smallest absolute Gasteiger partial charge is 0.162 e. The number of aromatic hydroxyl groups is 1. The van der Waals surface area contributed by atoms with E-state index in [1.807, 2.05) is 37.3 Å². The van der Waals surface area contributed by atoms with Crippen LogP contribution in [0, 0.1) is 0 Å². The molecule has 0 amide bonds. The summed E-state index contributed by atoms with van der Waals surface area (Å²) in [7, 11) is 1.68. The fraction of sp³-hybridized carbons (Fsp3) is 0.480. The van der Waals surface area contributed by atoms with E-state index in [2.05, 4.69) is 29.3 Å². The largest absolute Gasteiger partial charge is 0.504 e. The molecule has 0 aromatic heterocycles. The van der Waals surface area contributed by atoms with E-state index in [0.29, 0.717) is 18.8 Å². The molecule has 2 heterocycles. The Balaban J connectivity index is 1.70.